The van der Waals surface area contributed by atoms with E-state index in [-0.39, 0.29) is 18.4 Å². The minimum absolute atomic E-state index is 0.114. The molecule has 1 atom stereocenters. The first-order chi connectivity index (χ1) is 16.3. The standard InChI is InChI=1S/C26H34N4O3S/c1-17(2)19-7-9-20(10-8-19)24-23(25(32)33-5)18(3)27-26-30(24)21(16-34-26)15-22(31)29-12-6-11-28(4)13-14-29/h7-10,16-17,24H,6,11-15H2,1-5H3. The topological polar surface area (TPSA) is 65.5 Å². The highest BCUT2D eigenvalue weighted by Gasteiger charge is 2.41. The molecule has 1 fully saturated rings. The molecular formula is C26H34N4O3S. The number of allylic oxidation sites excluding steroid dienone is 1. The molecule has 0 saturated carbocycles. The van der Waals surface area contributed by atoms with Gasteiger partial charge in [-0.25, -0.2) is 9.79 Å². The van der Waals surface area contributed by atoms with Gasteiger partial charge >= 0.3 is 5.97 Å². The summed E-state index contributed by atoms with van der Waals surface area (Å²) in [7, 11) is 3.49. The number of carbonyl (C=O) groups is 2. The summed E-state index contributed by atoms with van der Waals surface area (Å²) in [5.41, 5.74) is 4.26. The fourth-order valence-corrected chi connectivity index (χ4v) is 5.65. The van der Waals surface area contributed by atoms with Crippen LogP contribution in [0.5, 0.6) is 0 Å². The minimum Gasteiger partial charge on any atom is -0.466 e. The highest BCUT2D eigenvalue weighted by molar-refractivity contribution is 8.16. The normalized spacial score (nSPS) is 21.3. The molecule has 0 spiro atoms. The van der Waals surface area contributed by atoms with Gasteiger partial charge in [0, 0.05) is 25.3 Å². The van der Waals surface area contributed by atoms with Crippen molar-refractivity contribution in [2.45, 2.75) is 45.6 Å². The molecule has 7 nitrogen and oxygen atoms in total. The van der Waals surface area contributed by atoms with E-state index < -0.39 is 5.97 Å². The number of nitrogens with zero attached hydrogens (tertiary/aromatic N) is 4. The van der Waals surface area contributed by atoms with E-state index >= 15 is 0 Å². The number of methoxy groups -OCH3 is 1. The highest BCUT2D eigenvalue weighted by atomic mass is 32.2. The zero-order chi connectivity index (χ0) is 24.4. The lowest BCUT2D eigenvalue weighted by Crippen LogP contribution is -2.39. The quantitative estimate of drug-likeness (QED) is 0.589. The summed E-state index contributed by atoms with van der Waals surface area (Å²) in [6, 6.07) is 7.99. The van der Waals surface area contributed by atoms with Crippen molar-refractivity contribution in [3.63, 3.8) is 0 Å². The zero-order valence-electron chi connectivity index (χ0n) is 20.7. The van der Waals surface area contributed by atoms with Gasteiger partial charge in [-0.3, -0.25) is 4.79 Å². The predicted octanol–water partition coefficient (Wildman–Crippen LogP) is 4.11. The first kappa shape index (κ1) is 24.5. The lowest BCUT2D eigenvalue weighted by molar-refractivity contribution is -0.136. The van der Waals surface area contributed by atoms with Crippen LogP contribution in [-0.2, 0) is 14.3 Å². The fourth-order valence-electron chi connectivity index (χ4n) is 4.68. The number of aliphatic imine (C=N–C) groups is 1. The summed E-state index contributed by atoms with van der Waals surface area (Å²) in [5.74, 6) is 0.137. The largest absolute Gasteiger partial charge is 0.466 e. The summed E-state index contributed by atoms with van der Waals surface area (Å²) in [6.45, 7) is 9.58. The Labute approximate surface area is 206 Å². The molecular weight excluding hydrogens is 448 g/mol. The van der Waals surface area contributed by atoms with Gasteiger partial charge in [-0.2, -0.15) is 0 Å². The molecule has 0 radical (unpaired) electrons. The van der Waals surface area contributed by atoms with Gasteiger partial charge in [-0.15, -0.1) is 0 Å². The number of thioether (sulfide) groups is 1. The average Bonchev–Trinajstić information content (AvgIpc) is 3.07. The fraction of sp³-hybridized carbons (Fsp3) is 0.500. The number of amides is 1. The number of esters is 1. The summed E-state index contributed by atoms with van der Waals surface area (Å²) < 4.78 is 5.16. The molecule has 3 aliphatic heterocycles. The number of amidine groups is 1. The van der Waals surface area contributed by atoms with E-state index in [2.05, 4.69) is 55.0 Å². The highest BCUT2D eigenvalue weighted by Crippen LogP contribution is 2.45. The maximum Gasteiger partial charge on any atom is 0.338 e. The number of hydrogen-bond acceptors (Lipinski definition) is 7. The van der Waals surface area contributed by atoms with Gasteiger partial charge in [0.05, 0.1) is 30.8 Å². The second-order valence-corrected chi connectivity index (χ2v) is 10.3. The van der Waals surface area contributed by atoms with Crippen molar-refractivity contribution in [3.8, 4) is 0 Å². The number of hydrogen-bond donors (Lipinski definition) is 0. The molecule has 8 heteroatoms. The smallest absolute Gasteiger partial charge is 0.338 e. The van der Waals surface area contributed by atoms with Crippen molar-refractivity contribution >= 4 is 28.8 Å². The Morgan fingerprint density at radius 2 is 1.88 bits per heavy atom. The second kappa shape index (κ2) is 10.4. The lowest BCUT2D eigenvalue weighted by atomic mass is 9.92. The van der Waals surface area contributed by atoms with Crippen LogP contribution in [0.2, 0.25) is 0 Å². The first-order valence-corrected chi connectivity index (χ1v) is 12.8. The maximum atomic E-state index is 13.3. The maximum absolute atomic E-state index is 13.3. The third kappa shape index (κ3) is 4.93. The third-order valence-electron chi connectivity index (χ3n) is 6.73. The number of ether oxygens (including phenoxy) is 1. The van der Waals surface area contributed by atoms with E-state index in [0.717, 1.165) is 49.0 Å². The predicted molar refractivity (Wildman–Crippen MR) is 136 cm³/mol. The van der Waals surface area contributed by atoms with Crippen LogP contribution in [-0.4, -0.2) is 72.1 Å². The van der Waals surface area contributed by atoms with Crippen molar-refractivity contribution in [2.75, 3.05) is 40.3 Å². The van der Waals surface area contributed by atoms with E-state index in [1.807, 2.05) is 17.2 Å². The van der Waals surface area contributed by atoms with Crippen LogP contribution < -0.4 is 0 Å². The lowest BCUT2D eigenvalue weighted by Gasteiger charge is -2.36. The monoisotopic (exact) mass is 482 g/mol. The second-order valence-electron chi connectivity index (χ2n) is 9.42. The van der Waals surface area contributed by atoms with Gasteiger partial charge in [0.2, 0.25) is 5.91 Å². The van der Waals surface area contributed by atoms with Crippen LogP contribution >= 0.6 is 11.8 Å². The molecule has 0 N–H and O–H groups in total. The molecule has 3 heterocycles. The Morgan fingerprint density at radius 1 is 1.15 bits per heavy atom. The van der Waals surface area contributed by atoms with Crippen molar-refractivity contribution in [3.05, 3.63) is 57.8 Å². The van der Waals surface area contributed by atoms with E-state index in [9.17, 15) is 9.59 Å². The third-order valence-corrected chi connectivity index (χ3v) is 7.62. The van der Waals surface area contributed by atoms with Crippen LogP contribution in [0.15, 0.2) is 51.6 Å². The van der Waals surface area contributed by atoms with Crippen LogP contribution in [0.3, 0.4) is 0 Å². The van der Waals surface area contributed by atoms with E-state index in [4.69, 9.17) is 9.73 Å². The number of likely N-dealkylation sites (N-methyl/N-ethyl adjacent to an activating group) is 1. The first-order valence-electron chi connectivity index (χ1n) is 11.9. The number of rotatable bonds is 5. The molecule has 1 unspecified atom stereocenters. The molecule has 1 aromatic carbocycles. The van der Waals surface area contributed by atoms with Gasteiger partial charge in [-0.1, -0.05) is 49.9 Å². The summed E-state index contributed by atoms with van der Waals surface area (Å²) in [5, 5.41) is 2.80. The van der Waals surface area contributed by atoms with Gasteiger partial charge in [0.25, 0.3) is 0 Å². The van der Waals surface area contributed by atoms with Crippen LogP contribution in [0.4, 0.5) is 0 Å². The summed E-state index contributed by atoms with van der Waals surface area (Å²) >= 11 is 1.51. The average molecular weight is 483 g/mol. The van der Waals surface area contributed by atoms with Crippen molar-refractivity contribution in [1.29, 1.82) is 0 Å². The Balaban J connectivity index is 1.65. The van der Waals surface area contributed by atoms with Crippen LogP contribution in [0.1, 0.15) is 56.7 Å². The van der Waals surface area contributed by atoms with E-state index in [1.165, 1.54) is 24.4 Å². The molecule has 1 saturated heterocycles. The molecule has 0 aromatic heterocycles. The SMILES string of the molecule is COC(=O)C1=C(C)N=C2SC=C(CC(=O)N3CCCN(C)CC3)N2C1c1ccc(C(C)C)cc1. The van der Waals surface area contributed by atoms with Gasteiger partial charge in [-0.05, 0) is 49.4 Å². The molecule has 1 aromatic rings. The Hall–Kier alpha value is -2.58. The van der Waals surface area contributed by atoms with E-state index in [0.29, 0.717) is 17.2 Å². The molecule has 34 heavy (non-hydrogen) atoms. The van der Waals surface area contributed by atoms with Crippen molar-refractivity contribution in [1.82, 2.24) is 14.7 Å². The summed E-state index contributed by atoms with van der Waals surface area (Å²) in [4.78, 5) is 37.2. The molecule has 1 amide bonds. The molecule has 182 valence electrons. The minimum atomic E-state index is -0.392. The van der Waals surface area contributed by atoms with Crippen LogP contribution in [0, 0.1) is 0 Å². The van der Waals surface area contributed by atoms with Gasteiger partial charge in [0.1, 0.15) is 0 Å². The zero-order valence-corrected chi connectivity index (χ0v) is 21.5. The molecule has 3 aliphatic rings. The van der Waals surface area contributed by atoms with Gasteiger partial charge < -0.3 is 19.4 Å². The molecule has 4 rings (SSSR count). The van der Waals surface area contributed by atoms with Crippen LogP contribution in [0.25, 0.3) is 0 Å². The van der Waals surface area contributed by atoms with Crippen molar-refractivity contribution < 1.29 is 14.3 Å². The molecule has 0 aliphatic carbocycles. The number of carbonyl (C=O) groups excluding carboxylic acids is 2. The van der Waals surface area contributed by atoms with Gasteiger partial charge in [0.15, 0.2) is 5.17 Å². The number of fused-ring (bicyclic) bond motifs is 1. The molecule has 0 bridgehead atoms. The van der Waals surface area contributed by atoms with E-state index in [1.54, 1.807) is 0 Å². The Morgan fingerprint density at radius 3 is 2.56 bits per heavy atom. The number of benzene rings is 1. The Bertz CT molecular complexity index is 1040. The summed E-state index contributed by atoms with van der Waals surface area (Å²) in [6.07, 6.45) is 1.26. The Kier molecular flexibility index (Phi) is 7.48. The van der Waals surface area contributed by atoms with Crippen molar-refractivity contribution in [2.24, 2.45) is 4.99 Å².